The lowest BCUT2D eigenvalue weighted by molar-refractivity contribution is -0.128. The van der Waals surface area contributed by atoms with Crippen molar-refractivity contribution in [1.82, 2.24) is 9.38 Å². The molecule has 0 unspecified atom stereocenters. The number of ether oxygens (including phenoxy) is 1. The Labute approximate surface area is 171 Å². The summed E-state index contributed by atoms with van der Waals surface area (Å²) in [5.41, 5.74) is 1.55. The normalized spacial score (nSPS) is 11.5. The highest BCUT2D eigenvalue weighted by molar-refractivity contribution is 7.15. The van der Waals surface area contributed by atoms with E-state index in [0.717, 1.165) is 16.2 Å². The van der Waals surface area contributed by atoms with E-state index >= 15 is 0 Å². The Balaban J connectivity index is 1.44. The van der Waals surface area contributed by atoms with Crippen molar-refractivity contribution >= 4 is 39.5 Å². The average Bonchev–Trinajstić information content (AvgIpc) is 3.26. The van der Waals surface area contributed by atoms with Crippen molar-refractivity contribution in [2.24, 2.45) is 0 Å². The second-order valence-corrected chi connectivity index (χ2v) is 8.13. The van der Waals surface area contributed by atoms with Gasteiger partial charge in [0.25, 0.3) is 5.91 Å². The average molecular weight is 412 g/mol. The van der Waals surface area contributed by atoms with Gasteiger partial charge in [-0.3, -0.25) is 9.20 Å². The minimum atomic E-state index is -1.04. The molecular weight excluding hydrogens is 394 g/mol. The standard InChI is InChI=1S/C21H18ClN3O2S/c1-21(2,27-17-9-5-15(22)6-10-17)19(26)23-16-7-3-14(4-8-16)18-13-25-11-12-28-20(25)24-18/h3-13H,1-2H3,(H,23,26). The van der Waals surface area contributed by atoms with Crippen molar-refractivity contribution in [3.8, 4) is 17.0 Å². The van der Waals surface area contributed by atoms with Gasteiger partial charge in [0.05, 0.1) is 5.69 Å². The van der Waals surface area contributed by atoms with E-state index in [9.17, 15) is 4.79 Å². The molecule has 0 saturated heterocycles. The van der Waals surface area contributed by atoms with Crippen molar-refractivity contribution in [2.45, 2.75) is 19.4 Å². The largest absolute Gasteiger partial charge is 0.478 e. The third-order valence-corrected chi connectivity index (χ3v) is 5.29. The molecule has 0 aliphatic carbocycles. The number of hydrogen-bond donors (Lipinski definition) is 1. The van der Waals surface area contributed by atoms with Crippen LogP contribution in [0.1, 0.15) is 13.8 Å². The maximum atomic E-state index is 12.7. The van der Waals surface area contributed by atoms with E-state index in [0.29, 0.717) is 16.5 Å². The van der Waals surface area contributed by atoms with Gasteiger partial charge in [-0.1, -0.05) is 23.7 Å². The Hall–Kier alpha value is -2.83. The monoisotopic (exact) mass is 411 g/mol. The van der Waals surface area contributed by atoms with Crippen LogP contribution in [0.5, 0.6) is 5.75 Å². The first-order chi connectivity index (χ1) is 13.4. The zero-order valence-corrected chi connectivity index (χ0v) is 16.9. The number of halogens is 1. The van der Waals surface area contributed by atoms with Crippen LogP contribution in [-0.2, 0) is 4.79 Å². The van der Waals surface area contributed by atoms with Crippen LogP contribution < -0.4 is 10.1 Å². The van der Waals surface area contributed by atoms with Crippen LogP contribution in [0.3, 0.4) is 0 Å². The number of aromatic nitrogens is 2. The van der Waals surface area contributed by atoms with E-state index in [1.807, 2.05) is 46.4 Å². The van der Waals surface area contributed by atoms with Gasteiger partial charge >= 0.3 is 0 Å². The second-order valence-electron chi connectivity index (χ2n) is 6.82. The van der Waals surface area contributed by atoms with Gasteiger partial charge < -0.3 is 10.1 Å². The summed E-state index contributed by atoms with van der Waals surface area (Å²) in [5.74, 6) is 0.345. The number of fused-ring (bicyclic) bond motifs is 1. The van der Waals surface area contributed by atoms with Crippen molar-refractivity contribution in [1.29, 1.82) is 0 Å². The van der Waals surface area contributed by atoms with Crippen molar-refractivity contribution in [3.05, 3.63) is 71.3 Å². The van der Waals surface area contributed by atoms with E-state index in [-0.39, 0.29) is 5.91 Å². The number of benzene rings is 2. The highest BCUT2D eigenvalue weighted by Gasteiger charge is 2.30. The van der Waals surface area contributed by atoms with Gasteiger partial charge in [-0.2, -0.15) is 0 Å². The summed E-state index contributed by atoms with van der Waals surface area (Å²) in [7, 11) is 0. The second kappa shape index (κ2) is 7.30. The maximum absolute atomic E-state index is 12.7. The van der Waals surface area contributed by atoms with Gasteiger partial charge in [0.15, 0.2) is 10.6 Å². The number of carbonyl (C=O) groups excluding carboxylic acids is 1. The molecule has 142 valence electrons. The van der Waals surface area contributed by atoms with Gasteiger partial charge in [-0.05, 0) is 50.2 Å². The van der Waals surface area contributed by atoms with Gasteiger partial charge in [-0.15, -0.1) is 11.3 Å². The molecule has 0 bridgehead atoms. The molecular formula is C21H18ClN3O2S. The molecule has 1 amide bonds. The van der Waals surface area contributed by atoms with E-state index in [2.05, 4.69) is 10.3 Å². The highest BCUT2D eigenvalue weighted by atomic mass is 35.5. The maximum Gasteiger partial charge on any atom is 0.267 e. The predicted molar refractivity (Wildman–Crippen MR) is 113 cm³/mol. The van der Waals surface area contributed by atoms with Gasteiger partial charge in [0.1, 0.15) is 5.75 Å². The number of anilines is 1. The number of thiazole rings is 1. The zero-order chi connectivity index (χ0) is 19.7. The molecule has 0 atom stereocenters. The lowest BCUT2D eigenvalue weighted by Crippen LogP contribution is -2.42. The molecule has 2 aromatic heterocycles. The number of hydrogen-bond acceptors (Lipinski definition) is 4. The fraction of sp³-hybridized carbons (Fsp3) is 0.143. The van der Waals surface area contributed by atoms with Gasteiger partial charge in [0, 0.05) is 34.0 Å². The molecule has 0 spiro atoms. The summed E-state index contributed by atoms with van der Waals surface area (Å²) in [6.07, 6.45) is 3.97. The SMILES string of the molecule is CC(C)(Oc1ccc(Cl)cc1)C(=O)Nc1ccc(-c2cn3ccsc3n2)cc1. The summed E-state index contributed by atoms with van der Waals surface area (Å²) in [6.45, 7) is 3.45. The Morgan fingerprint density at radius 2 is 1.86 bits per heavy atom. The number of rotatable bonds is 5. The first kappa shape index (κ1) is 18.5. The van der Waals surface area contributed by atoms with Crippen LogP contribution >= 0.6 is 22.9 Å². The topological polar surface area (TPSA) is 55.6 Å². The van der Waals surface area contributed by atoms with E-state index < -0.39 is 5.60 Å². The van der Waals surface area contributed by atoms with Crippen LogP contribution in [0.15, 0.2) is 66.3 Å². The Morgan fingerprint density at radius 3 is 2.54 bits per heavy atom. The van der Waals surface area contributed by atoms with Crippen molar-refractivity contribution in [2.75, 3.05) is 5.32 Å². The Morgan fingerprint density at radius 1 is 1.14 bits per heavy atom. The number of nitrogens with one attached hydrogen (secondary N) is 1. The zero-order valence-electron chi connectivity index (χ0n) is 15.3. The van der Waals surface area contributed by atoms with E-state index in [1.54, 1.807) is 49.4 Å². The molecule has 0 aliphatic heterocycles. The highest BCUT2D eigenvalue weighted by Crippen LogP contribution is 2.25. The summed E-state index contributed by atoms with van der Waals surface area (Å²) < 4.78 is 7.82. The fourth-order valence-electron chi connectivity index (χ4n) is 2.72. The number of imidazole rings is 1. The van der Waals surface area contributed by atoms with Crippen molar-refractivity contribution < 1.29 is 9.53 Å². The molecule has 7 heteroatoms. The van der Waals surface area contributed by atoms with Crippen LogP contribution in [0.2, 0.25) is 5.02 Å². The Kier molecular flexibility index (Phi) is 4.83. The third kappa shape index (κ3) is 3.88. The molecule has 0 radical (unpaired) electrons. The van der Waals surface area contributed by atoms with Crippen LogP contribution in [0.25, 0.3) is 16.2 Å². The van der Waals surface area contributed by atoms with E-state index in [4.69, 9.17) is 16.3 Å². The molecule has 0 fully saturated rings. The number of amides is 1. The molecule has 0 saturated carbocycles. The molecule has 4 rings (SSSR count). The van der Waals surface area contributed by atoms with Crippen LogP contribution in [0, 0.1) is 0 Å². The van der Waals surface area contributed by atoms with E-state index in [1.165, 1.54) is 0 Å². The van der Waals surface area contributed by atoms with Crippen LogP contribution in [-0.4, -0.2) is 20.9 Å². The number of carbonyl (C=O) groups is 1. The third-order valence-electron chi connectivity index (χ3n) is 4.27. The predicted octanol–water partition coefficient (Wildman–Crippen LogP) is 5.51. The summed E-state index contributed by atoms with van der Waals surface area (Å²) >= 11 is 7.48. The molecule has 28 heavy (non-hydrogen) atoms. The Bertz CT molecular complexity index is 1090. The summed E-state index contributed by atoms with van der Waals surface area (Å²) in [5, 5.41) is 5.52. The quantitative estimate of drug-likeness (QED) is 0.471. The molecule has 1 N–H and O–H groups in total. The van der Waals surface area contributed by atoms with Crippen molar-refractivity contribution in [3.63, 3.8) is 0 Å². The first-order valence-corrected chi connectivity index (χ1v) is 9.95. The molecule has 2 aromatic carbocycles. The smallest absolute Gasteiger partial charge is 0.267 e. The van der Waals surface area contributed by atoms with Gasteiger partial charge in [-0.25, -0.2) is 4.98 Å². The van der Waals surface area contributed by atoms with Crippen LogP contribution in [0.4, 0.5) is 5.69 Å². The minimum absolute atomic E-state index is 0.238. The summed E-state index contributed by atoms with van der Waals surface area (Å²) in [6, 6.07) is 14.5. The molecule has 0 aliphatic rings. The lowest BCUT2D eigenvalue weighted by atomic mass is 10.1. The lowest BCUT2D eigenvalue weighted by Gasteiger charge is -2.25. The van der Waals surface area contributed by atoms with Gasteiger partial charge in [0.2, 0.25) is 0 Å². The molecule has 2 heterocycles. The minimum Gasteiger partial charge on any atom is -0.478 e. The molecule has 4 aromatic rings. The fourth-order valence-corrected chi connectivity index (χ4v) is 3.54. The first-order valence-electron chi connectivity index (χ1n) is 8.69. The number of nitrogens with zero attached hydrogens (tertiary/aromatic N) is 2. The molecule has 5 nitrogen and oxygen atoms in total. The summed E-state index contributed by atoms with van der Waals surface area (Å²) in [4.78, 5) is 18.2.